The Labute approximate surface area is 271 Å². The van der Waals surface area contributed by atoms with Gasteiger partial charge in [0.2, 0.25) is 17.6 Å². The maximum atomic E-state index is 14.1. The molecule has 1 aromatic heterocycles. The van der Waals surface area contributed by atoms with Crippen LogP contribution in [0.15, 0.2) is 28.7 Å². The second kappa shape index (κ2) is 14.8. The van der Waals surface area contributed by atoms with Crippen LogP contribution in [-0.4, -0.2) is 67.8 Å². The number of rotatable bonds is 10. The summed E-state index contributed by atoms with van der Waals surface area (Å²) >= 11 is 0. The third-order valence-corrected chi connectivity index (χ3v) is 11.5. The summed E-state index contributed by atoms with van der Waals surface area (Å²) < 4.78 is 30.1. The molecular formula is C36H50FN3O6. The maximum absolute atomic E-state index is 14.1. The number of ether oxygens (including phenoxy) is 2. The number of amides is 2. The van der Waals surface area contributed by atoms with Crippen molar-refractivity contribution >= 4 is 34.4 Å². The van der Waals surface area contributed by atoms with Gasteiger partial charge in [0.1, 0.15) is 18.3 Å². The molecule has 6 rings (SSSR count). The van der Waals surface area contributed by atoms with Crippen molar-refractivity contribution in [3.05, 3.63) is 30.0 Å². The van der Waals surface area contributed by atoms with Gasteiger partial charge in [-0.25, -0.2) is 9.18 Å². The number of esters is 1. The maximum Gasteiger partial charge on any atom is 0.374 e. The van der Waals surface area contributed by atoms with E-state index in [9.17, 15) is 18.8 Å². The smallest absolute Gasteiger partial charge is 0.374 e. The van der Waals surface area contributed by atoms with E-state index >= 15 is 0 Å². The molecule has 3 N–H and O–H groups in total. The molecule has 10 heteroatoms. The lowest BCUT2D eigenvalue weighted by Gasteiger charge is -2.37. The zero-order valence-corrected chi connectivity index (χ0v) is 27.1. The summed E-state index contributed by atoms with van der Waals surface area (Å²) in [4.78, 5) is 42.6. The largest absolute Gasteiger partial charge is 0.460 e. The molecule has 4 fully saturated rings. The number of nitrogens with zero attached hydrogens (tertiary/aromatic N) is 1. The van der Waals surface area contributed by atoms with Gasteiger partial charge in [-0.05, 0) is 119 Å². The Hall–Kier alpha value is -2.98. The van der Waals surface area contributed by atoms with E-state index < -0.39 is 24.7 Å². The Kier molecular flexibility index (Phi) is 10.6. The fourth-order valence-corrected chi connectivity index (χ4v) is 8.68. The van der Waals surface area contributed by atoms with Gasteiger partial charge < -0.3 is 29.8 Å². The quantitative estimate of drug-likeness (QED) is 0.295. The SMILES string of the molecule is COC1CCC([C@@H]2CCN(C(=O)[C@H]3CC[C@H]([C@H](N)CF)CC3)[C@@H]2C(=O)Nc2ccc3oc(C(=O)OCC4CCCC4)cc3c2)CC1. The van der Waals surface area contributed by atoms with Gasteiger partial charge in [0, 0.05) is 36.7 Å². The van der Waals surface area contributed by atoms with Crippen LogP contribution in [0, 0.1) is 29.6 Å². The Morgan fingerprint density at radius 1 is 1.00 bits per heavy atom. The number of nitrogens with one attached hydrogen (secondary N) is 1. The van der Waals surface area contributed by atoms with Crippen LogP contribution in [0.3, 0.4) is 0 Å². The molecule has 3 saturated carbocycles. The topological polar surface area (TPSA) is 124 Å². The minimum absolute atomic E-state index is 0.0338. The molecule has 46 heavy (non-hydrogen) atoms. The van der Waals surface area contributed by atoms with E-state index in [0.717, 1.165) is 57.8 Å². The molecule has 2 aromatic rings. The molecule has 4 aliphatic rings. The number of hydrogen-bond donors (Lipinski definition) is 2. The summed E-state index contributed by atoms with van der Waals surface area (Å²) in [7, 11) is 1.76. The first-order valence-electron chi connectivity index (χ1n) is 17.5. The number of anilines is 1. The fourth-order valence-electron chi connectivity index (χ4n) is 8.68. The molecule has 3 atom stereocenters. The number of benzene rings is 1. The van der Waals surface area contributed by atoms with Gasteiger partial charge in [-0.15, -0.1) is 0 Å². The molecule has 2 amide bonds. The summed E-state index contributed by atoms with van der Waals surface area (Å²) in [5.41, 5.74) is 7.10. The van der Waals surface area contributed by atoms with Crippen LogP contribution in [0.2, 0.25) is 0 Å². The second-order valence-corrected chi connectivity index (χ2v) is 14.2. The number of fused-ring (bicyclic) bond motifs is 1. The minimum atomic E-state index is -0.566. The normalized spacial score (nSPS) is 29.6. The van der Waals surface area contributed by atoms with E-state index in [1.54, 1.807) is 31.4 Å². The van der Waals surface area contributed by atoms with Crippen molar-refractivity contribution in [2.45, 2.75) is 102 Å². The van der Waals surface area contributed by atoms with E-state index in [-0.39, 0.29) is 41.4 Å². The van der Waals surface area contributed by atoms with Crippen LogP contribution >= 0.6 is 0 Å². The number of halogens is 1. The van der Waals surface area contributed by atoms with Crippen LogP contribution in [0.25, 0.3) is 11.0 Å². The summed E-state index contributed by atoms with van der Waals surface area (Å²) in [6, 6.07) is 5.95. The first-order chi connectivity index (χ1) is 22.3. The Balaban J connectivity index is 1.15. The van der Waals surface area contributed by atoms with E-state index in [4.69, 9.17) is 19.6 Å². The molecule has 3 aliphatic carbocycles. The number of carbonyl (C=O) groups is 3. The molecule has 0 radical (unpaired) electrons. The number of furan rings is 1. The molecule has 252 valence electrons. The van der Waals surface area contributed by atoms with E-state index in [1.165, 1.54) is 12.8 Å². The zero-order chi connectivity index (χ0) is 32.2. The number of likely N-dealkylation sites (tertiary alicyclic amines) is 1. The van der Waals surface area contributed by atoms with E-state index in [2.05, 4.69) is 5.32 Å². The average Bonchev–Trinajstić information content (AvgIpc) is 3.87. The van der Waals surface area contributed by atoms with Crippen LogP contribution in [0.4, 0.5) is 10.1 Å². The lowest BCUT2D eigenvalue weighted by Crippen LogP contribution is -2.50. The highest BCUT2D eigenvalue weighted by Gasteiger charge is 2.47. The van der Waals surface area contributed by atoms with E-state index in [1.807, 2.05) is 4.90 Å². The van der Waals surface area contributed by atoms with Crippen molar-refractivity contribution in [2.75, 3.05) is 32.3 Å². The van der Waals surface area contributed by atoms with Crippen molar-refractivity contribution in [2.24, 2.45) is 35.3 Å². The minimum Gasteiger partial charge on any atom is -0.460 e. The Bertz CT molecular complexity index is 1360. The highest BCUT2D eigenvalue weighted by atomic mass is 19.1. The van der Waals surface area contributed by atoms with Crippen LogP contribution in [0.5, 0.6) is 0 Å². The molecular weight excluding hydrogens is 589 g/mol. The molecule has 0 spiro atoms. The zero-order valence-electron chi connectivity index (χ0n) is 27.1. The highest BCUT2D eigenvalue weighted by Crippen LogP contribution is 2.42. The number of methoxy groups -OCH3 is 1. The summed E-state index contributed by atoms with van der Waals surface area (Å²) in [6.07, 6.45) is 12.3. The predicted octanol–water partition coefficient (Wildman–Crippen LogP) is 6.24. The van der Waals surface area contributed by atoms with Crippen LogP contribution in [-0.2, 0) is 19.1 Å². The Morgan fingerprint density at radius 2 is 1.74 bits per heavy atom. The molecule has 1 saturated heterocycles. The standard InChI is InChI=1S/C36H50FN3O6/c1-44-28-13-10-23(11-14-28)29-16-17-40(35(42)25-8-6-24(7-9-25)30(38)20-37)33(29)34(41)39-27-12-15-31-26(18-27)19-32(46-31)36(43)45-21-22-4-2-3-5-22/h12,15,18-19,22-25,28-30,33H,2-11,13-14,16-17,20-21,38H2,1H3,(H,39,41)/t23?,24-,25-,28?,29-,30+,33-/m0/s1. The fraction of sp³-hybridized carbons (Fsp3) is 0.694. The predicted molar refractivity (Wildman–Crippen MR) is 173 cm³/mol. The number of alkyl halides is 1. The highest BCUT2D eigenvalue weighted by molar-refractivity contribution is 6.00. The van der Waals surface area contributed by atoms with Crippen molar-refractivity contribution in [1.82, 2.24) is 4.90 Å². The van der Waals surface area contributed by atoms with Crippen LogP contribution in [0.1, 0.15) is 94.0 Å². The third-order valence-electron chi connectivity index (χ3n) is 11.5. The van der Waals surface area contributed by atoms with Crippen molar-refractivity contribution in [3.8, 4) is 0 Å². The van der Waals surface area contributed by atoms with Crippen molar-refractivity contribution < 1.29 is 32.7 Å². The summed E-state index contributed by atoms with van der Waals surface area (Å²) in [5, 5.41) is 3.81. The van der Waals surface area contributed by atoms with Gasteiger partial charge >= 0.3 is 5.97 Å². The third kappa shape index (κ3) is 7.28. The molecule has 0 bridgehead atoms. The van der Waals surface area contributed by atoms with Gasteiger partial charge in [-0.3, -0.25) is 9.59 Å². The number of hydrogen-bond acceptors (Lipinski definition) is 7. The van der Waals surface area contributed by atoms with Gasteiger partial charge in [0.25, 0.3) is 0 Å². The molecule has 2 heterocycles. The number of carbonyl (C=O) groups excluding carboxylic acids is 3. The van der Waals surface area contributed by atoms with Crippen molar-refractivity contribution in [1.29, 1.82) is 0 Å². The number of nitrogens with two attached hydrogens (primary N) is 1. The van der Waals surface area contributed by atoms with Gasteiger partial charge in [0.15, 0.2) is 0 Å². The van der Waals surface area contributed by atoms with Gasteiger partial charge in [-0.2, -0.15) is 0 Å². The van der Waals surface area contributed by atoms with E-state index in [0.29, 0.717) is 54.5 Å². The Morgan fingerprint density at radius 3 is 2.43 bits per heavy atom. The second-order valence-electron chi connectivity index (χ2n) is 14.2. The monoisotopic (exact) mass is 639 g/mol. The molecule has 9 nitrogen and oxygen atoms in total. The van der Waals surface area contributed by atoms with Crippen LogP contribution < -0.4 is 11.1 Å². The van der Waals surface area contributed by atoms with Gasteiger partial charge in [-0.1, -0.05) is 12.8 Å². The first-order valence-corrected chi connectivity index (χ1v) is 17.5. The molecule has 1 aliphatic heterocycles. The molecule has 0 unspecified atom stereocenters. The van der Waals surface area contributed by atoms with Crippen molar-refractivity contribution in [3.63, 3.8) is 0 Å². The lowest BCUT2D eigenvalue weighted by atomic mass is 9.75. The molecule has 1 aromatic carbocycles. The summed E-state index contributed by atoms with van der Waals surface area (Å²) in [5.74, 6) is 0.287. The van der Waals surface area contributed by atoms with Gasteiger partial charge in [0.05, 0.1) is 12.7 Å². The lowest BCUT2D eigenvalue weighted by molar-refractivity contribution is -0.142. The first kappa shape index (κ1) is 32.9. The summed E-state index contributed by atoms with van der Waals surface area (Å²) in [6.45, 7) is 0.429. The average molecular weight is 640 g/mol.